The summed E-state index contributed by atoms with van der Waals surface area (Å²) in [4.78, 5) is 15.5. The fourth-order valence-corrected chi connectivity index (χ4v) is 4.39. The zero-order chi connectivity index (χ0) is 14.8. The minimum atomic E-state index is 0.107. The highest BCUT2D eigenvalue weighted by atomic mass is 32.2. The van der Waals surface area contributed by atoms with Gasteiger partial charge in [0, 0.05) is 36.0 Å². The van der Waals surface area contributed by atoms with Gasteiger partial charge in [-0.3, -0.25) is 4.79 Å². The van der Waals surface area contributed by atoms with E-state index in [9.17, 15) is 4.79 Å². The molecule has 1 amide bonds. The Labute approximate surface area is 131 Å². The molecule has 0 saturated carbocycles. The average Bonchev–Trinajstić information content (AvgIpc) is 2.95. The number of benzene rings is 1. The first-order chi connectivity index (χ1) is 10.1. The first-order valence-corrected chi connectivity index (χ1v) is 8.90. The molecule has 0 aromatic heterocycles. The molecule has 1 N–H and O–H groups in total. The molecule has 0 spiro atoms. The number of hydrogen-bond acceptors (Lipinski definition) is 3. The van der Waals surface area contributed by atoms with E-state index in [1.165, 1.54) is 22.6 Å². The van der Waals surface area contributed by atoms with Crippen molar-refractivity contribution in [2.75, 3.05) is 18.8 Å². The van der Waals surface area contributed by atoms with E-state index in [-0.39, 0.29) is 5.92 Å². The molecular formula is C17H24N2OS. The number of nitrogens with zero attached hydrogens (tertiary/aromatic N) is 1. The standard InChI is InChI=1S/C17H24N2OS/c1-12(2)17(20)19-9-7-13(11-19)18-15-8-10-21-16-6-4-3-5-14(15)16/h3-6,12-13,15,18H,7-11H2,1-2H3/t13-,15+/m1/s1. The lowest BCUT2D eigenvalue weighted by Gasteiger charge is -2.29. The topological polar surface area (TPSA) is 32.3 Å². The Hall–Kier alpha value is -1.00. The number of fused-ring (bicyclic) bond motifs is 1. The molecule has 2 heterocycles. The Bertz CT molecular complexity index is 517. The number of carbonyl (C=O) groups excluding carboxylic acids is 1. The van der Waals surface area contributed by atoms with Gasteiger partial charge in [-0.2, -0.15) is 0 Å². The van der Waals surface area contributed by atoms with Crippen molar-refractivity contribution in [3.8, 4) is 0 Å². The smallest absolute Gasteiger partial charge is 0.225 e. The quantitative estimate of drug-likeness (QED) is 0.931. The predicted molar refractivity (Wildman–Crippen MR) is 87.5 cm³/mol. The summed E-state index contributed by atoms with van der Waals surface area (Å²) >= 11 is 1.96. The largest absolute Gasteiger partial charge is 0.341 e. The number of likely N-dealkylation sites (tertiary alicyclic amines) is 1. The molecule has 1 aromatic carbocycles. The number of nitrogens with one attached hydrogen (secondary N) is 1. The van der Waals surface area contributed by atoms with Crippen LogP contribution in [0.4, 0.5) is 0 Å². The fourth-order valence-electron chi connectivity index (χ4n) is 3.26. The van der Waals surface area contributed by atoms with Gasteiger partial charge in [0.1, 0.15) is 0 Å². The molecule has 114 valence electrons. The van der Waals surface area contributed by atoms with Crippen LogP contribution in [-0.2, 0) is 4.79 Å². The molecule has 0 unspecified atom stereocenters. The first-order valence-electron chi connectivity index (χ1n) is 7.91. The Balaban J connectivity index is 1.63. The molecule has 1 saturated heterocycles. The van der Waals surface area contributed by atoms with Crippen LogP contribution >= 0.6 is 11.8 Å². The van der Waals surface area contributed by atoms with Crippen LogP contribution in [0.25, 0.3) is 0 Å². The van der Waals surface area contributed by atoms with Crippen LogP contribution in [0.5, 0.6) is 0 Å². The van der Waals surface area contributed by atoms with Gasteiger partial charge in [0.05, 0.1) is 0 Å². The summed E-state index contributed by atoms with van der Waals surface area (Å²) in [5, 5.41) is 3.79. The highest BCUT2D eigenvalue weighted by Gasteiger charge is 2.30. The third kappa shape index (κ3) is 3.27. The minimum Gasteiger partial charge on any atom is -0.341 e. The van der Waals surface area contributed by atoms with Crippen molar-refractivity contribution in [2.45, 2.75) is 43.7 Å². The molecular weight excluding hydrogens is 280 g/mol. The van der Waals surface area contributed by atoms with Gasteiger partial charge in [0.2, 0.25) is 5.91 Å². The van der Waals surface area contributed by atoms with Gasteiger partial charge in [-0.1, -0.05) is 32.0 Å². The van der Waals surface area contributed by atoms with Crippen LogP contribution in [0.3, 0.4) is 0 Å². The summed E-state index contributed by atoms with van der Waals surface area (Å²) in [6, 6.07) is 9.59. The summed E-state index contributed by atoms with van der Waals surface area (Å²) in [7, 11) is 0. The average molecular weight is 304 g/mol. The molecule has 4 heteroatoms. The van der Waals surface area contributed by atoms with Gasteiger partial charge in [-0.05, 0) is 30.2 Å². The predicted octanol–water partition coefficient (Wildman–Crippen LogP) is 3.07. The monoisotopic (exact) mass is 304 g/mol. The maximum Gasteiger partial charge on any atom is 0.225 e. The first kappa shape index (κ1) is 14.9. The van der Waals surface area contributed by atoms with Crippen molar-refractivity contribution in [1.82, 2.24) is 10.2 Å². The van der Waals surface area contributed by atoms with E-state index in [0.29, 0.717) is 18.0 Å². The number of amides is 1. The van der Waals surface area contributed by atoms with Crippen molar-refractivity contribution >= 4 is 17.7 Å². The molecule has 2 aliphatic rings. The Kier molecular flexibility index (Phi) is 4.55. The molecule has 0 radical (unpaired) electrons. The summed E-state index contributed by atoms with van der Waals surface area (Å²) in [5.74, 6) is 1.57. The highest BCUT2D eigenvalue weighted by molar-refractivity contribution is 7.99. The van der Waals surface area contributed by atoms with Crippen LogP contribution in [0.1, 0.15) is 38.3 Å². The molecule has 1 fully saturated rings. The molecule has 2 atom stereocenters. The van der Waals surface area contributed by atoms with E-state index in [4.69, 9.17) is 0 Å². The van der Waals surface area contributed by atoms with E-state index in [0.717, 1.165) is 19.5 Å². The summed E-state index contributed by atoms with van der Waals surface area (Å²) in [5.41, 5.74) is 1.43. The second-order valence-electron chi connectivity index (χ2n) is 6.32. The van der Waals surface area contributed by atoms with Gasteiger partial charge < -0.3 is 10.2 Å². The van der Waals surface area contributed by atoms with Crippen molar-refractivity contribution < 1.29 is 4.79 Å². The lowest BCUT2D eigenvalue weighted by molar-refractivity contribution is -0.133. The molecule has 2 aliphatic heterocycles. The number of rotatable bonds is 3. The van der Waals surface area contributed by atoms with Crippen LogP contribution in [0, 0.1) is 5.92 Å². The van der Waals surface area contributed by atoms with E-state index in [1.54, 1.807) is 0 Å². The molecule has 1 aromatic rings. The van der Waals surface area contributed by atoms with E-state index < -0.39 is 0 Å². The van der Waals surface area contributed by atoms with Gasteiger partial charge in [-0.25, -0.2) is 0 Å². The van der Waals surface area contributed by atoms with E-state index in [2.05, 4.69) is 29.6 Å². The Morgan fingerprint density at radius 2 is 2.14 bits per heavy atom. The van der Waals surface area contributed by atoms with E-state index >= 15 is 0 Å². The molecule has 3 rings (SSSR count). The second-order valence-corrected chi connectivity index (χ2v) is 7.46. The second kappa shape index (κ2) is 6.41. The van der Waals surface area contributed by atoms with Gasteiger partial charge >= 0.3 is 0 Å². The maximum atomic E-state index is 12.1. The van der Waals surface area contributed by atoms with Crippen LogP contribution in [-0.4, -0.2) is 35.7 Å². The van der Waals surface area contributed by atoms with Crippen molar-refractivity contribution in [1.29, 1.82) is 0 Å². The van der Waals surface area contributed by atoms with Gasteiger partial charge in [0.25, 0.3) is 0 Å². The Morgan fingerprint density at radius 3 is 2.95 bits per heavy atom. The molecule has 0 aliphatic carbocycles. The third-order valence-electron chi connectivity index (χ3n) is 4.39. The molecule has 0 bridgehead atoms. The number of thioether (sulfide) groups is 1. The third-order valence-corrected chi connectivity index (χ3v) is 5.51. The number of hydrogen-bond donors (Lipinski definition) is 1. The highest BCUT2D eigenvalue weighted by Crippen LogP contribution is 2.36. The minimum absolute atomic E-state index is 0.107. The fraction of sp³-hybridized carbons (Fsp3) is 0.588. The Morgan fingerprint density at radius 1 is 1.33 bits per heavy atom. The summed E-state index contributed by atoms with van der Waals surface area (Å²) in [6.07, 6.45) is 2.25. The maximum absolute atomic E-state index is 12.1. The zero-order valence-corrected chi connectivity index (χ0v) is 13.7. The lowest BCUT2D eigenvalue weighted by atomic mass is 10.0. The van der Waals surface area contributed by atoms with Crippen LogP contribution < -0.4 is 5.32 Å². The normalized spacial score (nSPS) is 25.2. The number of carbonyl (C=O) groups is 1. The van der Waals surface area contributed by atoms with E-state index in [1.807, 2.05) is 30.5 Å². The van der Waals surface area contributed by atoms with Gasteiger partial charge in [-0.15, -0.1) is 11.8 Å². The summed E-state index contributed by atoms with van der Waals surface area (Å²) < 4.78 is 0. The van der Waals surface area contributed by atoms with Crippen molar-refractivity contribution in [3.05, 3.63) is 29.8 Å². The lowest BCUT2D eigenvalue weighted by Crippen LogP contribution is -2.39. The van der Waals surface area contributed by atoms with Crippen LogP contribution in [0.15, 0.2) is 29.2 Å². The molecule has 3 nitrogen and oxygen atoms in total. The zero-order valence-electron chi connectivity index (χ0n) is 12.8. The SMILES string of the molecule is CC(C)C(=O)N1CC[C@@H](N[C@H]2CCSc3ccccc32)C1. The molecule has 21 heavy (non-hydrogen) atoms. The van der Waals surface area contributed by atoms with Crippen molar-refractivity contribution in [3.63, 3.8) is 0 Å². The van der Waals surface area contributed by atoms with Crippen molar-refractivity contribution in [2.24, 2.45) is 5.92 Å². The van der Waals surface area contributed by atoms with Gasteiger partial charge in [0.15, 0.2) is 0 Å². The van der Waals surface area contributed by atoms with Crippen LogP contribution in [0.2, 0.25) is 0 Å². The summed E-state index contributed by atoms with van der Waals surface area (Å²) in [6.45, 7) is 5.73.